The van der Waals surface area contributed by atoms with Gasteiger partial charge in [-0.1, -0.05) is 42.5 Å². The Morgan fingerprint density at radius 2 is 1.89 bits per heavy atom. The Balaban J connectivity index is 1.80. The number of benzene rings is 2. The number of carboxylic acid groups (broad SMARTS) is 1. The molecule has 0 spiro atoms. The molecule has 3 aromatic rings. The lowest BCUT2D eigenvalue weighted by Gasteiger charge is -2.07. The standard InChI is InChI=1S/C21H16N2O3S/c22-12-15-7-4-8-16(11-15)20-19(21(25)26)17(13-27-20)23-18(24)10-9-14-5-2-1-3-6-14/h1-8,11,13H,9-10H2,(H,23,24)(H,25,26). The first-order valence-electron chi connectivity index (χ1n) is 8.27. The fourth-order valence-electron chi connectivity index (χ4n) is 2.72. The molecule has 3 rings (SSSR count). The molecular weight excluding hydrogens is 360 g/mol. The first kappa shape index (κ1) is 18.4. The van der Waals surface area contributed by atoms with Crippen molar-refractivity contribution < 1.29 is 14.7 Å². The molecule has 0 bridgehead atoms. The monoisotopic (exact) mass is 376 g/mol. The first-order valence-corrected chi connectivity index (χ1v) is 9.15. The van der Waals surface area contributed by atoms with Crippen molar-refractivity contribution in [2.24, 2.45) is 0 Å². The molecule has 0 aliphatic rings. The molecule has 2 aromatic carbocycles. The fourth-order valence-corrected chi connectivity index (χ4v) is 3.71. The number of nitrogens with zero attached hydrogens (tertiary/aromatic N) is 1. The van der Waals surface area contributed by atoms with Crippen LogP contribution in [0, 0.1) is 11.3 Å². The number of amides is 1. The minimum atomic E-state index is -1.12. The third kappa shape index (κ3) is 4.40. The Bertz CT molecular complexity index is 1020. The normalized spacial score (nSPS) is 10.2. The summed E-state index contributed by atoms with van der Waals surface area (Å²) in [4.78, 5) is 24.6. The molecule has 1 aromatic heterocycles. The number of hydrogen-bond donors (Lipinski definition) is 2. The van der Waals surface area contributed by atoms with Crippen LogP contribution >= 0.6 is 11.3 Å². The third-order valence-electron chi connectivity index (χ3n) is 4.02. The zero-order chi connectivity index (χ0) is 19.2. The highest BCUT2D eigenvalue weighted by atomic mass is 32.1. The van der Waals surface area contributed by atoms with Gasteiger partial charge in [-0.05, 0) is 29.7 Å². The van der Waals surface area contributed by atoms with Crippen LogP contribution in [-0.2, 0) is 11.2 Å². The Labute approximate surface area is 160 Å². The highest BCUT2D eigenvalue weighted by Gasteiger charge is 2.21. The van der Waals surface area contributed by atoms with E-state index in [2.05, 4.69) is 5.32 Å². The van der Waals surface area contributed by atoms with Gasteiger partial charge >= 0.3 is 5.97 Å². The molecule has 0 unspecified atom stereocenters. The SMILES string of the molecule is N#Cc1cccc(-c2scc(NC(=O)CCc3ccccc3)c2C(=O)O)c1. The van der Waals surface area contributed by atoms with Crippen molar-refractivity contribution in [3.8, 4) is 16.5 Å². The molecule has 27 heavy (non-hydrogen) atoms. The Morgan fingerprint density at radius 1 is 1.11 bits per heavy atom. The van der Waals surface area contributed by atoms with Crippen LogP contribution in [0.4, 0.5) is 5.69 Å². The van der Waals surface area contributed by atoms with Crippen LogP contribution in [0.15, 0.2) is 60.0 Å². The van der Waals surface area contributed by atoms with Gasteiger partial charge in [0.2, 0.25) is 5.91 Å². The zero-order valence-corrected chi connectivity index (χ0v) is 15.1. The number of anilines is 1. The highest BCUT2D eigenvalue weighted by molar-refractivity contribution is 7.14. The summed E-state index contributed by atoms with van der Waals surface area (Å²) in [5.41, 5.74) is 2.46. The lowest BCUT2D eigenvalue weighted by molar-refractivity contribution is -0.116. The predicted molar refractivity (Wildman–Crippen MR) is 105 cm³/mol. The maximum absolute atomic E-state index is 12.3. The molecule has 0 saturated carbocycles. The highest BCUT2D eigenvalue weighted by Crippen LogP contribution is 2.36. The van der Waals surface area contributed by atoms with Crippen molar-refractivity contribution in [3.63, 3.8) is 0 Å². The van der Waals surface area contributed by atoms with E-state index >= 15 is 0 Å². The van der Waals surface area contributed by atoms with E-state index < -0.39 is 5.97 Å². The minimum Gasteiger partial charge on any atom is -0.478 e. The number of carbonyl (C=O) groups is 2. The van der Waals surface area contributed by atoms with Gasteiger partial charge in [-0.2, -0.15) is 5.26 Å². The second kappa shape index (κ2) is 8.30. The summed E-state index contributed by atoms with van der Waals surface area (Å²) in [6, 6.07) is 18.4. The van der Waals surface area contributed by atoms with Gasteiger partial charge in [-0.25, -0.2) is 4.79 Å². The Morgan fingerprint density at radius 3 is 2.59 bits per heavy atom. The second-order valence-electron chi connectivity index (χ2n) is 5.89. The largest absolute Gasteiger partial charge is 0.478 e. The number of carboxylic acids is 1. The van der Waals surface area contributed by atoms with E-state index in [1.165, 1.54) is 11.3 Å². The molecular formula is C21H16N2O3S. The number of aromatic carboxylic acids is 1. The Kier molecular flexibility index (Phi) is 5.64. The van der Waals surface area contributed by atoms with Crippen molar-refractivity contribution >= 4 is 28.9 Å². The van der Waals surface area contributed by atoms with E-state index in [4.69, 9.17) is 5.26 Å². The van der Waals surface area contributed by atoms with E-state index in [1.54, 1.807) is 29.6 Å². The molecule has 1 heterocycles. The van der Waals surface area contributed by atoms with E-state index in [1.807, 2.05) is 36.4 Å². The van der Waals surface area contributed by atoms with Crippen LogP contribution in [0.2, 0.25) is 0 Å². The lowest BCUT2D eigenvalue weighted by atomic mass is 10.1. The molecule has 5 nitrogen and oxygen atoms in total. The molecule has 0 fully saturated rings. The predicted octanol–water partition coefficient (Wildman–Crippen LogP) is 4.56. The molecule has 6 heteroatoms. The summed E-state index contributed by atoms with van der Waals surface area (Å²) in [6.45, 7) is 0. The molecule has 134 valence electrons. The second-order valence-corrected chi connectivity index (χ2v) is 6.76. The summed E-state index contributed by atoms with van der Waals surface area (Å²) in [5.74, 6) is -1.36. The van der Waals surface area contributed by atoms with Gasteiger partial charge < -0.3 is 10.4 Å². The number of nitriles is 1. The molecule has 0 aliphatic carbocycles. The average molecular weight is 376 g/mol. The van der Waals surface area contributed by atoms with Crippen LogP contribution < -0.4 is 5.32 Å². The van der Waals surface area contributed by atoms with Gasteiger partial charge in [0.05, 0.1) is 22.2 Å². The van der Waals surface area contributed by atoms with Crippen molar-refractivity contribution in [3.05, 3.63) is 76.7 Å². The van der Waals surface area contributed by atoms with Gasteiger partial charge in [0.15, 0.2) is 0 Å². The van der Waals surface area contributed by atoms with Crippen molar-refractivity contribution in [1.82, 2.24) is 0 Å². The number of carbonyl (C=O) groups excluding carboxylic acids is 1. The molecule has 2 N–H and O–H groups in total. The summed E-state index contributed by atoms with van der Waals surface area (Å²) >= 11 is 1.23. The number of nitrogens with one attached hydrogen (secondary N) is 1. The number of rotatable bonds is 6. The summed E-state index contributed by atoms with van der Waals surface area (Å²) in [6.07, 6.45) is 0.842. The fraction of sp³-hybridized carbons (Fsp3) is 0.0952. The average Bonchev–Trinajstić information content (AvgIpc) is 3.11. The van der Waals surface area contributed by atoms with Crippen LogP contribution in [0.1, 0.15) is 27.9 Å². The van der Waals surface area contributed by atoms with E-state index in [-0.39, 0.29) is 23.6 Å². The van der Waals surface area contributed by atoms with Gasteiger partial charge in [-0.15, -0.1) is 11.3 Å². The van der Waals surface area contributed by atoms with Crippen molar-refractivity contribution in [2.75, 3.05) is 5.32 Å². The topological polar surface area (TPSA) is 90.2 Å². The molecule has 0 atom stereocenters. The smallest absolute Gasteiger partial charge is 0.339 e. The van der Waals surface area contributed by atoms with Gasteiger partial charge in [0.25, 0.3) is 0 Å². The zero-order valence-electron chi connectivity index (χ0n) is 14.3. The van der Waals surface area contributed by atoms with E-state index in [0.717, 1.165) is 5.56 Å². The maximum Gasteiger partial charge on any atom is 0.339 e. The van der Waals surface area contributed by atoms with E-state index in [0.29, 0.717) is 22.4 Å². The first-order chi connectivity index (χ1) is 13.1. The maximum atomic E-state index is 12.3. The van der Waals surface area contributed by atoms with Crippen LogP contribution in [0.25, 0.3) is 10.4 Å². The van der Waals surface area contributed by atoms with Crippen LogP contribution in [0.3, 0.4) is 0 Å². The van der Waals surface area contributed by atoms with E-state index in [9.17, 15) is 14.7 Å². The number of hydrogen-bond acceptors (Lipinski definition) is 4. The lowest BCUT2D eigenvalue weighted by Crippen LogP contribution is -2.14. The van der Waals surface area contributed by atoms with Gasteiger partial charge in [0, 0.05) is 11.8 Å². The number of thiophene rings is 1. The summed E-state index contributed by atoms with van der Waals surface area (Å²) in [5, 5.41) is 23.0. The van der Waals surface area contributed by atoms with Gasteiger partial charge in [-0.3, -0.25) is 4.79 Å². The minimum absolute atomic E-state index is 0.0446. The molecule has 0 aliphatic heterocycles. The van der Waals surface area contributed by atoms with Crippen molar-refractivity contribution in [2.45, 2.75) is 12.8 Å². The quantitative estimate of drug-likeness (QED) is 0.660. The summed E-state index contributed by atoms with van der Waals surface area (Å²) < 4.78 is 0. The van der Waals surface area contributed by atoms with Gasteiger partial charge in [0.1, 0.15) is 5.56 Å². The number of aryl methyl sites for hydroxylation is 1. The van der Waals surface area contributed by atoms with Crippen LogP contribution in [0.5, 0.6) is 0 Å². The molecule has 0 saturated heterocycles. The van der Waals surface area contributed by atoms with Crippen LogP contribution in [-0.4, -0.2) is 17.0 Å². The molecule has 0 radical (unpaired) electrons. The summed E-state index contributed by atoms with van der Waals surface area (Å²) in [7, 11) is 0. The van der Waals surface area contributed by atoms with Crippen molar-refractivity contribution in [1.29, 1.82) is 5.26 Å². The third-order valence-corrected chi connectivity index (χ3v) is 5.05. The Hall–Kier alpha value is -3.43. The molecule has 1 amide bonds.